The van der Waals surface area contributed by atoms with Gasteiger partial charge in [0.2, 0.25) is 5.91 Å². The Labute approximate surface area is 144 Å². The van der Waals surface area contributed by atoms with E-state index in [-0.39, 0.29) is 11.8 Å². The van der Waals surface area contributed by atoms with Crippen LogP contribution in [0.5, 0.6) is 0 Å². The van der Waals surface area contributed by atoms with E-state index < -0.39 is 6.04 Å². The number of amides is 2. The highest BCUT2D eigenvalue weighted by molar-refractivity contribution is 7.13. The summed E-state index contributed by atoms with van der Waals surface area (Å²) >= 11 is 7.23. The Hall–Kier alpha value is -1.92. The zero-order chi connectivity index (χ0) is 16.8. The van der Waals surface area contributed by atoms with E-state index in [4.69, 9.17) is 11.6 Å². The number of hydrogen-bond donors (Lipinski definition) is 2. The second-order valence-corrected chi connectivity index (χ2v) is 6.33. The quantitative estimate of drug-likeness (QED) is 0.840. The largest absolute Gasteiger partial charge is 0.354 e. The number of hydrogen-bond acceptors (Lipinski definition) is 4. The fourth-order valence-corrected chi connectivity index (χ4v) is 2.77. The first kappa shape index (κ1) is 17.4. The molecule has 1 heterocycles. The Morgan fingerprint density at radius 2 is 2.00 bits per heavy atom. The van der Waals surface area contributed by atoms with Crippen molar-refractivity contribution in [2.45, 2.75) is 26.3 Å². The van der Waals surface area contributed by atoms with Crippen molar-refractivity contribution >= 4 is 34.8 Å². The van der Waals surface area contributed by atoms with Gasteiger partial charge in [0.25, 0.3) is 5.91 Å². The zero-order valence-electron chi connectivity index (χ0n) is 12.9. The minimum atomic E-state index is -0.602. The maximum absolute atomic E-state index is 12.2. The number of thiazole rings is 1. The van der Waals surface area contributed by atoms with Gasteiger partial charge in [-0.25, -0.2) is 4.98 Å². The van der Waals surface area contributed by atoms with Gasteiger partial charge in [-0.1, -0.05) is 30.7 Å². The van der Waals surface area contributed by atoms with Gasteiger partial charge in [-0.3, -0.25) is 9.59 Å². The number of carbonyl (C=O) groups is 2. The van der Waals surface area contributed by atoms with E-state index in [1.54, 1.807) is 24.4 Å². The summed E-state index contributed by atoms with van der Waals surface area (Å²) in [7, 11) is 0. The molecule has 0 aliphatic carbocycles. The normalized spacial score (nSPS) is 11.8. The average Bonchev–Trinajstić information content (AvgIpc) is 3.03. The number of rotatable bonds is 6. The molecule has 0 aliphatic rings. The van der Waals surface area contributed by atoms with Crippen molar-refractivity contribution in [3.8, 4) is 10.6 Å². The SMILES string of the molecule is CCCNC(=O)[C@@H](C)NC(=O)c1csc(-c2ccc(Cl)cc2)n1. The van der Waals surface area contributed by atoms with Gasteiger partial charge in [0.1, 0.15) is 16.7 Å². The minimum absolute atomic E-state index is 0.201. The molecule has 0 radical (unpaired) electrons. The molecule has 0 saturated carbocycles. The van der Waals surface area contributed by atoms with E-state index in [1.807, 2.05) is 19.1 Å². The third-order valence-corrected chi connectivity index (χ3v) is 4.26. The van der Waals surface area contributed by atoms with E-state index in [0.717, 1.165) is 17.0 Å². The van der Waals surface area contributed by atoms with Crippen LogP contribution in [0.4, 0.5) is 0 Å². The van der Waals surface area contributed by atoms with Gasteiger partial charge in [0, 0.05) is 22.5 Å². The fraction of sp³-hybridized carbons (Fsp3) is 0.312. The lowest BCUT2D eigenvalue weighted by atomic mass is 10.2. The van der Waals surface area contributed by atoms with Crippen molar-refractivity contribution in [1.29, 1.82) is 0 Å². The molecule has 0 aliphatic heterocycles. The molecule has 1 aromatic heterocycles. The predicted octanol–water partition coefficient (Wildman–Crippen LogP) is 3.11. The van der Waals surface area contributed by atoms with Crippen LogP contribution in [-0.4, -0.2) is 29.4 Å². The highest BCUT2D eigenvalue weighted by Gasteiger charge is 2.18. The molecule has 1 aromatic carbocycles. The second-order valence-electron chi connectivity index (χ2n) is 5.03. The van der Waals surface area contributed by atoms with Crippen LogP contribution in [0.2, 0.25) is 5.02 Å². The summed E-state index contributed by atoms with van der Waals surface area (Å²) in [4.78, 5) is 28.3. The van der Waals surface area contributed by atoms with E-state index in [0.29, 0.717) is 17.3 Å². The summed E-state index contributed by atoms with van der Waals surface area (Å²) in [5.41, 5.74) is 1.20. The molecule has 5 nitrogen and oxygen atoms in total. The lowest BCUT2D eigenvalue weighted by molar-refractivity contribution is -0.122. The van der Waals surface area contributed by atoms with E-state index in [9.17, 15) is 9.59 Å². The first-order chi connectivity index (χ1) is 11.0. The fourth-order valence-electron chi connectivity index (χ4n) is 1.84. The number of nitrogens with zero attached hydrogens (tertiary/aromatic N) is 1. The summed E-state index contributed by atoms with van der Waals surface area (Å²) < 4.78 is 0. The molecule has 0 unspecified atom stereocenters. The van der Waals surface area contributed by atoms with Gasteiger partial charge in [-0.05, 0) is 25.5 Å². The first-order valence-corrected chi connectivity index (χ1v) is 8.57. The van der Waals surface area contributed by atoms with Crippen LogP contribution in [0.25, 0.3) is 10.6 Å². The Bertz CT molecular complexity index is 685. The molecule has 0 spiro atoms. The standard InChI is InChI=1S/C16H18ClN3O2S/c1-3-8-18-14(21)10(2)19-15(22)13-9-23-16(20-13)11-4-6-12(17)7-5-11/h4-7,9-10H,3,8H2,1-2H3,(H,18,21)(H,19,22)/t10-/m1/s1. The number of aromatic nitrogens is 1. The van der Waals surface area contributed by atoms with Crippen LogP contribution >= 0.6 is 22.9 Å². The molecule has 2 rings (SSSR count). The van der Waals surface area contributed by atoms with Gasteiger partial charge in [-0.2, -0.15) is 0 Å². The Balaban J connectivity index is 2.01. The molecule has 0 saturated heterocycles. The van der Waals surface area contributed by atoms with Crippen LogP contribution in [0.1, 0.15) is 30.8 Å². The van der Waals surface area contributed by atoms with E-state index >= 15 is 0 Å². The molecule has 2 N–H and O–H groups in total. The Kier molecular flexibility index (Phi) is 6.12. The summed E-state index contributed by atoms with van der Waals surface area (Å²) in [5, 5.41) is 8.45. The second kappa shape index (κ2) is 8.08. The van der Waals surface area contributed by atoms with Crippen LogP contribution < -0.4 is 10.6 Å². The lowest BCUT2D eigenvalue weighted by Crippen LogP contribution is -2.45. The van der Waals surface area contributed by atoms with Gasteiger partial charge >= 0.3 is 0 Å². The molecule has 7 heteroatoms. The molecule has 23 heavy (non-hydrogen) atoms. The molecular weight excluding hydrogens is 334 g/mol. The molecule has 2 aromatic rings. The first-order valence-electron chi connectivity index (χ1n) is 7.31. The number of halogens is 1. The van der Waals surface area contributed by atoms with Crippen molar-refractivity contribution in [3.63, 3.8) is 0 Å². The summed E-state index contributed by atoms with van der Waals surface area (Å²) in [6.07, 6.45) is 0.850. The minimum Gasteiger partial charge on any atom is -0.354 e. The maximum atomic E-state index is 12.2. The highest BCUT2D eigenvalue weighted by Crippen LogP contribution is 2.25. The number of benzene rings is 1. The van der Waals surface area contributed by atoms with Crippen LogP contribution in [0.3, 0.4) is 0 Å². The van der Waals surface area contributed by atoms with Crippen LogP contribution in [0.15, 0.2) is 29.6 Å². The van der Waals surface area contributed by atoms with Gasteiger partial charge in [-0.15, -0.1) is 11.3 Å². The summed E-state index contributed by atoms with van der Waals surface area (Å²) in [6.45, 7) is 4.21. The van der Waals surface area contributed by atoms with Crippen molar-refractivity contribution in [2.24, 2.45) is 0 Å². The molecule has 0 fully saturated rings. The van der Waals surface area contributed by atoms with Crippen molar-refractivity contribution in [2.75, 3.05) is 6.54 Å². The monoisotopic (exact) mass is 351 g/mol. The number of carbonyl (C=O) groups excluding carboxylic acids is 2. The lowest BCUT2D eigenvalue weighted by Gasteiger charge is -2.12. The number of nitrogens with one attached hydrogen (secondary N) is 2. The Morgan fingerprint density at radius 3 is 2.65 bits per heavy atom. The zero-order valence-corrected chi connectivity index (χ0v) is 14.5. The van der Waals surface area contributed by atoms with E-state index in [2.05, 4.69) is 15.6 Å². The van der Waals surface area contributed by atoms with Crippen molar-refractivity contribution < 1.29 is 9.59 Å². The van der Waals surface area contributed by atoms with Crippen molar-refractivity contribution in [1.82, 2.24) is 15.6 Å². The third-order valence-electron chi connectivity index (χ3n) is 3.12. The molecular formula is C16H18ClN3O2S. The molecule has 122 valence electrons. The highest BCUT2D eigenvalue weighted by atomic mass is 35.5. The van der Waals surface area contributed by atoms with Gasteiger partial charge in [0.05, 0.1) is 0 Å². The Morgan fingerprint density at radius 1 is 1.30 bits per heavy atom. The average molecular weight is 352 g/mol. The topological polar surface area (TPSA) is 71.1 Å². The molecule has 0 bridgehead atoms. The summed E-state index contributed by atoms with van der Waals surface area (Å²) in [5.74, 6) is -0.561. The smallest absolute Gasteiger partial charge is 0.271 e. The van der Waals surface area contributed by atoms with Crippen LogP contribution in [-0.2, 0) is 4.79 Å². The predicted molar refractivity (Wildman–Crippen MR) is 92.8 cm³/mol. The van der Waals surface area contributed by atoms with Crippen molar-refractivity contribution in [3.05, 3.63) is 40.4 Å². The van der Waals surface area contributed by atoms with E-state index in [1.165, 1.54) is 11.3 Å². The maximum Gasteiger partial charge on any atom is 0.271 e. The molecule has 2 amide bonds. The van der Waals surface area contributed by atoms with Crippen LogP contribution in [0, 0.1) is 0 Å². The van der Waals surface area contributed by atoms with Gasteiger partial charge in [0.15, 0.2) is 0 Å². The van der Waals surface area contributed by atoms with Gasteiger partial charge < -0.3 is 10.6 Å². The third kappa shape index (κ3) is 4.77. The summed E-state index contributed by atoms with van der Waals surface area (Å²) in [6, 6.07) is 6.65. The molecule has 1 atom stereocenters.